The number of benzene rings is 1. The summed E-state index contributed by atoms with van der Waals surface area (Å²) < 4.78 is 12.9. The molecule has 0 bridgehead atoms. The highest BCUT2D eigenvalue weighted by Gasteiger charge is 2.20. The fraction of sp³-hybridized carbons (Fsp3) is 0.200. The Hall–Kier alpha value is -2.51. The molecule has 0 spiro atoms. The molecule has 0 aliphatic heterocycles. The van der Waals surface area contributed by atoms with E-state index in [0.717, 1.165) is 18.2 Å². The normalized spacial score (nSPS) is 9.83. The predicted molar refractivity (Wildman–Crippen MR) is 59.2 cm³/mol. The molecule has 1 aromatic rings. The number of nitrogens with one attached hydrogen (secondary N) is 1. The van der Waals surface area contributed by atoms with Crippen molar-refractivity contribution in [1.29, 1.82) is 0 Å². The van der Waals surface area contributed by atoms with Crippen LogP contribution in [0, 0.1) is 15.9 Å². The molecule has 0 fully saturated rings. The predicted octanol–water partition coefficient (Wildman–Crippen LogP) is 0.339. The van der Waals surface area contributed by atoms with Gasteiger partial charge in [0.15, 0.2) is 0 Å². The molecule has 0 aromatic heterocycles. The van der Waals surface area contributed by atoms with Gasteiger partial charge in [-0.05, 0) is 12.1 Å². The molecule has 7 nitrogen and oxygen atoms in total. The molecule has 1 aromatic carbocycles. The first-order valence-corrected chi connectivity index (χ1v) is 4.92. The minimum absolute atomic E-state index is 0.0676. The van der Waals surface area contributed by atoms with Gasteiger partial charge in [0.1, 0.15) is 11.4 Å². The first-order valence-electron chi connectivity index (χ1n) is 4.92. The zero-order chi connectivity index (χ0) is 13.7. The van der Waals surface area contributed by atoms with Gasteiger partial charge >= 0.3 is 0 Å². The molecule has 3 N–H and O–H groups in total. The van der Waals surface area contributed by atoms with Gasteiger partial charge in [-0.15, -0.1) is 0 Å². The first kappa shape index (κ1) is 13.6. The standard InChI is InChI=1S/C10H10FN3O4/c11-6-1-2-8(14(17)18)7(5-6)10(16)13-4-3-9(12)15/h1-2,5H,3-4H2,(H2,12,15)(H,13,16). The Bertz CT molecular complexity index is 504. The van der Waals surface area contributed by atoms with Gasteiger partial charge in [0.25, 0.3) is 11.6 Å². The van der Waals surface area contributed by atoms with Crippen LogP contribution in [0.25, 0.3) is 0 Å². The van der Waals surface area contributed by atoms with E-state index >= 15 is 0 Å². The smallest absolute Gasteiger partial charge is 0.282 e. The third-order valence-corrected chi connectivity index (χ3v) is 2.06. The SMILES string of the molecule is NC(=O)CCNC(=O)c1cc(F)ccc1[N+](=O)[O-]. The quantitative estimate of drug-likeness (QED) is 0.582. The van der Waals surface area contributed by atoms with Crippen LogP contribution in [0.1, 0.15) is 16.8 Å². The van der Waals surface area contributed by atoms with Crippen LogP contribution in [0.4, 0.5) is 10.1 Å². The summed E-state index contributed by atoms with van der Waals surface area (Å²) in [5.41, 5.74) is 3.96. The van der Waals surface area contributed by atoms with Crippen molar-refractivity contribution in [1.82, 2.24) is 5.32 Å². The number of hydrogen-bond donors (Lipinski definition) is 2. The molecule has 0 heterocycles. The molecule has 0 aliphatic carbocycles. The average Bonchev–Trinajstić information content (AvgIpc) is 2.27. The van der Waals surface area contributed by atoms with Crippen molar-refractivity contribution >= 4 is 17.5 Å². The van der Waals surface area contributed by atoms with Crippen molar-refractivity contribution in [3.05, 3.63) is 39.7 Å². The van der Waals surface area contributed by atoms with Crippen LogP contribution in [0.15, 0.2) is 18.2 Å². The number of primary amides is 1. The molecule has 0 saturated carbocycles. The third kappa shape index (κ3) is 3.51. The van der Waals surface area contributed by atoms with Crippen LogP contribution in [0.2, 0.25) is 0 Å². The molecule has 0 unspecified atom stereocenters. The van der Waals surface area contributed by atoms with E-state index < -0.39 is 33.8 Å². The second-order valence-electron chi connectivity index (χ2n) is 3.39. The van der Waals surface area contributed by atoms with Crippen LogP contribution in [0.5, 0.6) is 0 Å². The number of nitrogens with two attached hydrogens (primary N) is 1. The number of carbonyl (C=O) groups is 2. The van der Waals surface area contributed by atoms with Gasteiger partial charge < -0.3 is 11.1 Å². The summed E-state index contributed by atoms with van der Waals surface area (Å²) in [4.78, 5) is 31.9. The lowest BCUT2D eigenvalue weighted by Crippen LogP contribution is -2.28. The number of carbonyl (C=O) groups excluding carboxylic acids is 2. The number of amides is 2. The lowest BCUT2D eigenvalue weighted by Gasteiger charge is -2.04. The monoisotopic (exact) mass is 255 g/mol. The van der Waals surface area contributed by atoms with Gasteiger partial charge in [0.05, 0.1) is 4.92 Å². The number of nitrogens with zero attached hydrogens (tertiary/aromatic N) is 1. The maximum absolute atomic E-state index is 12.9. The fourth-order valence-electron chi connectivity index (χ4n) is 1.24. The highest BCUT2D eigenvalue weighted by Crippen LogP contribution is 2.19. The molecular formula is C10H10FN3O4. The first-order chi connectivity index (χ1) is 8.41. The molecule has 0 saturated heterocycles. The van der Waals surface area contributed by atoms with E-state index in [1.165, 1.54) is 0 Å². The Kier molecular flexibility index (Phi) is 4.30. The van der Waals surface area contributed by atoms with E-state index in [-0.39, 0.29) is 13.0 Å². The lowest BCUT2D eigenvalue weighted by molar-refractivity contribution is -0.385. The molecular weight excluding hydrogens is 245 g/mol. The summed E-state index contributed by atoms with van der Waals surface area (Å²) >= 11 is 0. The van der Waals surface area contributed by atoms with Crippen LogP contribution in [-0.2, 0) is 4.79 Å². The second kappa shape index (κ2) is 5.71. The summed E-state index contributed by atoms with van der Waals surface area (Å²) in [5, 5.41) is 12.9. The minimum atomic E-state index is -0.831. The highest BCUT2D eigenvalue weighted by atomic mass is 19.1. The third-order valence-electron chi connectivity index (χ3n) is 2.06. The average molecular weight is 255 g/mol. The number of halogens is 1. The van der Waals surface area contributed by atoms with Crippen molar-refractivity contribution in [2.24, 2.45) is 5.73 Å². The van der Waals surface area contributed by atoms with Crippen LogP contribution >= 0.6 is 0 Å². The number of nitro groups is 1. The highest BCUT2D eigenvalue weighted by molar-refractivity contribution is 5.98. The molecule has 0 atom stereocenters. The number of rotatable bonds is 5. The van der Waals surface area contributed by atoms with Crippen molar-refractivity contribution in [3.8, 4) is 0 Å². The van der Waals surface area contributed by atoms with E-state index in [9.17, 15) is 24.1 Å². The van der Waals surface area contributed by atoms with Gasteiger partial charge in [-0.3, -0.25) is 19.7 Å². The van der Waals surface area contributed by atoms with Crippen LogP contribution in [-0.4, -0.2) is 23.3 Å². The van der Waals surface area contributed by atoms with Crippen molar-refractivity contribution < 1.29 is 18.9 Å². The molecule has 0 aliphatic rings. The summed E-state index contributed by atoms with van der Waals surface area (Å²) in [6.07, 6.45) is -0.102. The molecule has 8 heteroatoms. The zero-order valence-electron chi connectivity index (χ0n) is 9.18. The van der Waals surface area contributed by atoms with Gasteiger partial charge in [-0.2, -0.15) is 0 Å². The minimum Gasteiger partial charge on any atom is -0.370 e. The largest absolute Gasteiger partial charge is 0.370 e. The Morgan fingerprint density at radius 3 is 2.67 bits per heavy atom. The van der Waals surface area contributed by atoms with E-state index in [1.807, 2.05) is 0 Å². The summed E-state index contributed by atoms with van der Waals surface area (Å²) in [6, 6.07) is 2.55. The van der Waals surface area contributed by atoms with E-state index in [4.69, 9.17) is 5.73 Å². The molecule has 2 amide bonds. The Morgan fingerprint density at radius 1 is 1.44 bits per heavy atom. The van der Waals surface area contributed by atoms with Crippen molar-refractivity contribution in [2.45, 2.75) is 6.42 Å². The van der Waals surface area contributed by atoms with Gasteiger partial charge in [-0.1, -0.05) is 0 Å². The maximum atomic E-state index is 12.9. The van der Waals surface area contributed by atoms with Crippen LogP contribution in [0.3, 0.4) is 0 Å². The van der Waals surface area contributed by atoms with E-state index in [2.05, 4.69) is 5.32 Å². The summed E-state index contributed by atoms with van der Waals surface area (Å²) in [7, 11) is 0. The Labute approximate surface area is 101 Å². The summed E-state index contributed by atoms with van der Waals surface area (Å²) in [5.74, 6) is -2.22. The molecule has 96 valence electrons. The van der Waals surface area contributed by atoms with Crippen molar-refractivity contribution in [2.75, 3.05) is 6.54 Å². The Morgan fingerprint density at radius 2 is 2.11 bits per heavy atom. The lowest BCUT2D eigenvalue weighted by atomic mass is 10.1. The Balaban J connectivity index is 2.87. The number of nitro benzene ring substituents is 1. The van der Waals surface area contributed by atoms with E-state index in [0.29, 0.717) is 0 Å². The second-order valence-corrected chi connectivity index (χ2v) is 3.39. The summed E-state index contributed by atoms with van der Waals surface area (Å²) in [6.45, 7) is -0.0676. The number of hydrogen-bond acceptors (Lipinski definition) is 4. The van der Waals surface area contributed by atoms with Crippen molar-refractivity contribution in [3.63, 3.8) is 0 Å². The maximum Gasteiger partial charge on any atom is 0.282 e. The molecule has 1 rings (SSSR count). The van der Waals surface area contributed by atoms with Gasteiger partial charge in [-0.25, -0.2) is 4.39 Å². The van der Waals surface area contributed by atoms with Gasteiger partial charge in [0.2, 0.25) is 5.91 Å². The zero-order valence-corrected chi connectivity index (χ0v) is 9.18. The topological polar surface area (TPSA) is 115 Å². The van der Waals surface area contributed by atoms with E-state index in [1.54, 1.807) is 0 Å². The molecule has 0 radical (unpaired) electrons. The fourth-order valence-corrected chi connectivity index (χ4v) is 1.24. The molecule has 18 heavy (non-hydrogen) atoms. The van der Waals surface area contributed by atoms with Gasteiger partial charge in [0, 0.05) is 19.0 Å². The van der Waals surface area contributed by atoms with Crippen LogP contribution < -0.4 is 11.1 Å².